The van der Waals surface area contributed by atoms with Crippen LogP contribution in [0.5, 0.6) is 0 Å². The van der Waals surface area contributed by atoms with Crippen LogP contribution in [0.15, 0.2) is 66.9 Å². The summed E-state index contributed by atoms with van der Waals surface area (Å²) in [5.41, 5.74) is 1.11. The number of amides is 4. The third-order valence-corrected chi connectivity index (χ3v) is 11.4. The summed E-state index contributed by atoms with van der Waals surface area (Å²) in [5, 5.41) is 3.10. The lowest BCUT2D eigenvalue weighted by molar-refractivity contribution is -0.159. The van der Waals surface area contributed by atoms with Crippen LogP contribution >= 0.6 is 0 Å². The van der Waals surface area contributed by atoms with E-state index in [2.05, 4.69) is 5.32 Å². The lowest BCUT2D eigenvalue weighted by Crippen LogP contribution is -2.55. The number of ether oxygens (including phenoxy) is 2. The number of imidazole rings is 1. The number of aromatic nitrogens is 2. The molecule has 0 aliphatic carbocycles. The first kappa shape index (κ1) is 40.3. The van der Waals surface area contributed by atoms with E-state index in [1.807, 2.05) is 34.9 Å². The van der Waals surface area contributed by atoms with Crippen molar-refractivity contribution >= 4 is 23.6 Å². The van der Waals surface area contributed by atoms with Crippen molar-refractivity contribution in [1.29, 1.82) is 0 Å². The highest BCUT2D eigenvalue weighted by Crippen LogP contribution is 2.39. The van der Waals surface area contributed by atoms with Gasteiger partial charge in [0.25, 0.3) is 17.7 Å². The minimum absolute atomic E-state index is 0.0112. The topological polar surface area (TPSA) is 126 Å². The third-order valence-electron chi connectivity index (χ3n) is 11.4. The van der Waals surface area contributed by atoms with E-state index >= 15 is 13.6 Å². The van der Waals surface area contributed by atoms with Gasteiger partial charge in [-0.25, -0.2) is 18.2 Å². The average molecular weight is 791 g/mol. The molecule has 1 N–H and O–H groups in total. The Kier molecular flexibility index (Phi) is 13.2. The highest BCUT2D eigenvalue weighted by atomic mass is 19.1. The first-order valence-electron chi connectivity index (χ1n) is 19.9. The standard InChI is InChI=1S/C42H49F3N6O6/c43-31-10-11-33(44)32(21-31)35-26-49(24-28-7-3-1-4-8-28)41(47-35)40(29-14-18-56-19-15-29)51(25-30-22-46-23-34(30)45)42(55)36-27-48(17-20-57-36)37(52)9-5-2-6-16-50-38(53)12-13-39(50)54/h1,3-4,7-8,10-13,21,26,29-30,34,36,40,46H,2,5-6,9,14-20,22-25,27H2/t30-,34-,36-,40?/m0/s1. The SMILES string of the molecule is O=C(CCCCCN1C(=O)C=CC1=O)N1CCO[C@H](C(=O)N(C[C@@H]2CNC[C@@H]2F)C(c2nc(-c3cc(F)ccc3F)cn2Cc2ccccc2)C2CCOCC2)C1. The minimum Gasteiger partial charge on any atom is -0.381 e. The molecule has 4 aliphatic heterocycles. The van der Waals surface area contributed by atoms with Crippen molar-refractivity contribution < 1.29 is 41.8 Å². The van der Waals surface area contributed by atoms with E-state index in [9.17, 15) is 18.8 Å². The van der Waals surface area contributed by atoms with E-state index in [1.54, 1.807) is 16.0 Å². The number of halogens is 3. The molecule has 0 bridgehead atoms. The molecular formula is C42H49F3N6O6. The number of unbranched alkanes of at least 4 members (excludes halogenated alkanes) is 2. The molecule has 0 spiro atoms. The van der Waals surface area contributed by atoms with E-state index < -0.39 is 41.8 Å². The molecule has 0 saturated carbocycles. The first-order chi connectivity index (χ1) is 27.7. The van der Waals surface area contributed by atoms with Crippen molar-refractivity contribution in [3.8, 4) is 11.3 Å². The maximum atomic E-state index is 15.5. The number of carbonyl (C=O) groups excluding carboxylic acids is 4. The molecule has 2 aromatic carbocycles. The van der Waals surface area contributed by atoms with Crippen LogP contribution in [0.4, 0.5) is 13.2 Å². The number of rotatable bonds is 15. The average Bonchev–Trinajstić information content (AvgIpc) is 3.93. The molecule has 4 atom stereocenters. The molecule has 7 rings (SSSR count). The molecule has 304 valence electrons. The van der Waals surface area contributed by atoms with Crippen LogP contribution in [0.1, 0.15) is 56.0 Å². The fourth-order valence-corrected chi connectivity index (χ4v) is 8.25. The lowest BCUT2D eigenvalue weighted by atomic mass is 9.88. The van der Waals surface area contributed by atoms with Crippen LogP contribution in [0.25, 0.3) is 11.3 Å². The lowest BCUT2D eigenvalue weighted by Gasteiger charge is -2.42. The monoisotopic (exact) mass is 790 g/mol. The number of hydrogen-bond donors (Lipinski definition) is 1. The highest BCUT2D eigenvalue weighted by Gasteiger charge is 2.43. The molecule has 1 aromatic heterocycles. The summed E-state index contributed by atoms with van der Waals surface area (Å²) in [6.07, 6.45) is 5.06. The van der Waals surface area contributed by atoms with Crippen molar-refractivity contribution in [3.05, 3.63) is 89.9 Å². The van der Waals surface area contributed by atoms with Gasteiger partial charge in [-0.3, -0.25) is 24.1 Å². The number of nitrogens with one attached hydrogen (secondary N) is 1. The van der Waals surface area contributed by atoms with Gasteiger partial charge in [0.1, 0.15) is 23.6 Å². The molecule has 5 heterocycles. The number of nitrogens with zero attached hydrogens (tertiary/aromatic N) is 5. The molecule has 15 heteroatoms. The van der Waals surface area contributed by atoms with Crippen molar-refractivity contribution in [2.24, 2.45) is 11.8 Å². The van der Waals surface area contributed by atoms with Gasteiger partial charge in [-0.15, -0.1) is 0 Å². The zero-order valence-corrected chi connectivity index (χ0v) is 31.9. The second-order valence-corrected chi connectivity index (χ2v) is 15.2. The number of hydrogen-bond acceptors (Lipinski definition) is 8. The summed E-state index contributed by atoms with van der Waals surface area (Å²) in [6, 6.07) is 12.1. The van der Waals surface area contributed by atoms with Crippen LogP contribution in [-0.4, -0.2) is 119 Å². The summed E-state index contributed by atoms with van der Waals surface area (Å²) in [6.45, 7) is 2.49. The van der Waals surface area contributed by atoms with E-state index in [1.165, 1.54) is 17.1 Å². The smallest absolute Gasteiger partial charge is 0.254 e. The number of benzene rings is 2. The maximum Gasteiger partial charge on any atom is 0.254 e. The molecule has 12 nitrogen and oxygen atoms in total. The molecular weight excluding hydrogens is 741 g/mol. The van der Waals surface area contributed by atoms with Crippen molar-refractivity contribution in [2.45, 2.75) is 63.4 Å². The van der Waals surface area contributed by atoms with Crippen molar-refractivity contribution in [2.75, 3.05) is 59.1 Å². The Labute approximate surface area is 330 Å². The van der Waals surface area contributed by atoms with Crippen LogP contribution in [-0.2, 0) is 35.2 Å². The van der Waals surface area contributed by atoms with Crippen LogP contribution < -0.4 is 5.32 Å². The van der Waals surface area contributed by atoms with E-state index in [0.29, 0.717) is 70.8 Å². The highest BCUT2D eigenvalue weighted by molar-refractivity contribution is 6.12. The number of morpholine rings is 1. The van der Waals surface area contributed by atoms with Gasteiger partial charge in [0, 0.05) is 88.7 Å². The predicted octanol–water partition coefficient (Wildman–Crippen LogP) is 4.44. The second kappa shape index (κ2) is 18.6. The summed E-state index contributed by atoms with van der Waals surface area (Å²) >= 11 is 0. The molecule has 3 saturated heterocycles. The quantitative estimate of drug-likeness (QED) is 0.177. The van der Waals surface area contributed by atoms with Crippen LogP contribution in [0.2, 0.25) is 0 Å². The summed E-state index contributed by atoms with van der Waals surface area (Å²) in [4.78, 5) is 61.7. The molecule has 4 aliphatic rings. The summed E-state index contributed by atoms with van der Waals surface area (Å²) < 4.78 is 59.0. The maximum absolute atomic E-state index is 15.5. The Hall–Kier alpha value is -4.86. The molecule has 3 fully saturated rings. The van der Waals surface area contributed by atoms with Gasteiger partial charge in [-0.2, -0.15) is 0 Å². The molecule has 0 radical (unpaired) electrons. The molecule has 3 aromatic rings. The van der Waals surface area contributed by atoms with E-state index in [4.69, 9.17) is 14.5 Å². The zero-order valence-electron chi connectivity index (χ0n) is 31.9. The predicted molar refractivity (Wildman–Crippen MR) is 203 cm³/mol. The van der Waals surface area contributed by atoms with Gasteiger partial charge < -0.3 is 29.2 Å². The normalized spacial score (nSPS) is 22.1. The fourth-order valence-electron chi connectivity index (χ4n) is 8.25. The molecule has 4 amide bonds. The zero-order chi connectivity index (χ0) is 39.9. The van der Waals surface area contributed by atoms with E-state index in [-0.39, 0.29) is 74.1 Å². The van der Waals surface area contributed by atoms with Crippen LogP contribution in [0.3, 0.4) is 0 Å². The Bertz CT molecular complexity index is 1920. The van der Waals surface area contributed by atoms with Gasteiger partial charge in [0.05, 0.1) is 24.9 Å². The fraction of sp³-hybridized carbons (Fsp3) is 0.500. The largest absolute Gasteiger partial charge is 0.381 e. The van der Waals surface area contributed by atoms with E-state index in [0.717, 1.165) is 23.8 Å². The Morgan fingerprint density at radius 3 is 2.47 bits per heavy atom. The minimum atomic E-state index is -1.21. The second-order valence-electron chi connectivity index (χ2n) is 15.2. The summed E-state index contributed by atoms with van der Waals surface area (Å²) in [5.74, 6) is -2.72. The van der Waals surface area contributed by atoms with Gasteiger partial charge in [0.2, 0.25) is 5.91 Å². The summed E-state index contributed by atoms with van der Waals surface area (Å²) in [7, 11) is 0. The third kappa shape index (κ3) is 9.65. The Balaban J connectivity index is 1.17. The van der Waals surface area contributed by atoms with Crippen LogP contribution in [0, 0.1) is 23.5 Å². The van der Waals surface area contributed by atoms with Gasteiger partial charge in [-0.1, -0.05) is 36.8 Å². The molecule has 57 heavy (non-hydrogen) atoms. The van der Waals surface area contributed by atoms with Gasteiger partial charge in [-0.05, 0) is 55.4 Å². The number of carbonyl (C=O) groups is 4. The Morgan fingerprint density at radius 1 is 0.965 bits per heavy atom. The Morgan fingerprint density at radius 2 is 1.74 bits per heavy atom. The van der Waals surface area contributed by atoms with Gasteiger partial charge in [0.15, 0.2) is 6.10 Å². The first-order valence-corrected chi connectivity index (χ1v) is 19.9. The molecule has 1 unspecified atom stereocenters. The number of alkyl halides is 1. The van der Waals surface area contributed by atoms with Crippen molar-refractivity contribution in [3.63, 3.8) is 0 Å². The van der Waals surface area contributed by atoms with Crippen molar-refractivity contribution in [1.82, 2.24) is 29.6 Å². The van der Waals surface area contributed by atoms with Gasteiger partial charge >= 0.3 is 0 Å². The number of imide groups is 1.